The Kier molecular flexibility index (Phi) is 8.71. The standard InChI is InChI=1S/C51H36N2O5S2/c1-33-27-29-35(37-15-3-5-17-41(37)52-43-19-7-11-23-47(43)59(55,56)48-24-12-8-20-44(48)52)31-39(33)51(54)40-32-36(30-28-34(40)2)38-16-4-6-18-42(38)53-45-21-9-13-25-49(45)60(57,58)50-26-14-10-22-46(50)53/h3-32H,1-2H3. The Balaban J connectivity index is 1.07. The van der Waals surface area contributed by atoms with Crippen molar-refractivity contribution in [2.75, 3.05) is 9.80 Å². The summed E-state index contributed by atoms with van der Waals surface area (Å²) in [5.41, 5.74) is 9.76. The van der Waals surface area contributed by atoms with Gasteiger partial charge in [0.05, 0.1) is 53.7 Å². The fourth-order valence-corrected chi connectivity index (χ4v) is 11.8. The van der Waals surface area contributed by atoms with Crippen LogP contribution < -0.4 is 9.80 Å². The third kappa shape index (κ3) is 5.72. The summed E-state index contributed by atoms with van der Waals surface area (Å²) in [6, 6.07) is 55.6. The van der Waals surface area contributed by atoms with E-state index in [2.05, 4.69) is 0 Å². The van der Waals surface area contributed by atoms with Crippen LogP contribution in [0, 0.1) is 13.8 Å². The van der Waals surface area contributed by atoms with Crippen molar-refractivity contribution < 1.29 is 21.6 Å². The lowest BCUT2D eigenvalue weighted by Gasteiger charge is -2.34. The van der Waals surface area contributed by atoms with Gasteiger partial charge in [0, 0.05) is 22.3 Å². The highest BCUT2D eigenvalue weighted by molar-refractivity contribution is 7.92. The number of anilines is 6. The average molecular weight is 821 g/mol. The topological polar surface area (TPSA) is 91.8 Å². The van der Waals surface area contributed by atoms with Crippen molar-refractivity contribution in [1.29, 1.82) is 0 Å². The Bertz CT molecular complexity index is 2990. The molecule has 0 aromatic heterocycles. The van der Waals surface area contributed by atoms with E-state index in [4.69, 9.17) is 0 Å². The number of carbonyl (C=O) groups excluding carboxylic acids is 1. The third-order valence-corrected chi connectivity index (χ3v) is 15.2. The van der Waals surface area contributed by atoms with Gasteiger partial charge >= 0.3 is 0 Å². The van der Waals surface area contributed by atoms with E-state index in [0.717, 1.165) is 44.8 Å². The normalized spacial score (nSPS) is 14.4. The fourth-order valence-electron chi connectivity index (χ4n) is 8.53. The van der Waals surface area contributed by atoms with E-state index in [1.807, 2.05) is 157 Å². The SMILES string of the molecule is Cc1ccc(-c2ccccc2N2c3ccccc3S(=O)(=O)c3ccccc32)cc1C(=O)c1cc(-c2ccccc2N2c3ccccc3S(=O)(=O)c3ccccc32)ccc1C. The number of hydrogen-bond acceptors (Lipinski definition) is 7. The smallest absolute Gasteiger partial charge is 0.210 e. The Morgan fingerprint density at radius 3 is 0.983 bits per heavy atom. The van der Waals surface area contributed by atoms with Crippen molar-refractivity contribution in [1.82, 2.24) is 0 Å². The fraction of sp³-hybridized carbons (Fsp3) is 0.0392. The summed E-state index contributed by atoms with van der Waals surface area (Å²) in [4.78, 5) is 19.8. The van der Waals surface area contributed by atoms with Crippen LogP contribution in [0.4, 0.5) is 34.1 Å². The zero-order valence-corrected chi connectivity index (χ0v) is 34.2. The minimum Gasteiger partial charge on any atom is -0.307 e. The Labute approximate surface area is 349 Å². The summed E-state index contributed by atoms with van der Waals surface area (Å²) in [6.07, 6.45) is 0. The lowest BCUT2D eigenvalue weighted by atomic mass is 9.90. The zero-order valence-electron chi connectivity index (χ0n) is 32.6. The van der Waals surface area contributed by atoms with E-state index >= 15 is 0 Å². The molecule has 0 fully saturated rings. The zero-order chi connectivity index (χ0) is 41.3. The van der Waals surface area contributed by atoms with Gasteiger partial charge in [0.1, 0.15) is 0 Å². The number of sulfone groups is 2. The molecule has 292 valence electrons. The first-order valence-corrected chi connectivity index (χ1v) is 22.4. The summed E-state index contributed by atoms with van der Waals surface area (Å²) in [7, 11) is -7.51. The van der Waals surface area contributed by atoms with Crippen molar-refractivity contribution in [2.24, 2.45) is 0 Å². The van der Waals surface area contributed by atoms with Gasteiger partial charge in [-0.2, -0.15) is 0 Å². The lowest BCUT2D eigenvalue weighted by molar-refractivity contribution is 0.103. The van der Waals surface area contributed by atoms with Crippen molar-refractivity contribution >= 4 is 59.6 Å². The molecule has 0 saturated carbocycles. The van der Waals surface area contributed by atoms with Gasteiger partial charge in [0.15, 0.2) is 5.78 Å². The van der Waals surface area contributed by atoms with Crippen molar-refractivity contribution in [3.05, 3.63) is 204 Å². The van der Waals surface area contributed by atoms with Gasteiger partial charge in [-0.3, -0.25) is 4.79 Å². The molecule has 10 rings (SSSR count). The highest BCUT2D eigenvalue weighted by Gasteiger charge is 2.37. The highest BCUT2D eigenvalue weighted by Crippen LogP contribution is 2.52. The lowest BCUT2D eigenvalue weighted by Crippen LogP contribution is -2.22. The van der Waals surface area contributed by atoms with Crippen LogP contribution in [-0.4, -0.2) is 22.6 Å². The molecule has 2 aliphatic rings. The molecule has 0 aliphatic carbocycles. The maximum Gasteiger partial charge on any atom is 0.210 e. The van der Waals surface area contributed by atoms with Crippen LogP contribution >= 0.6 is 0 Å². The number of para-hydroxylation sites is 6. The molecule has 2 aliphatic heterocycles. The summed E-state index contributed by atoms with van der Waals surface area (Å²) in [6.45, 7) is 3.86. The Morgan fingerprint density at radius 1 is 0.367 bits per heavy atom. The van der Waals surface area contributed by atoms with Gasteiger partial charge in [-0.1, -0.05) is 109 Å². The van der Waals surface area contributed by atoms with Crippen LogP contribution in [0.25, 0.3) is 22.3 Å². The first-order chi connectivity index (χ1) is 29.1. The van der Waals surface area contributed by atoms with Gasteiger partial charge in [0.2, 0.25) is 19.7 Å². The molecule has 8 aromatic rings. The number of ketones is 1. The second-order valence-corrected chi connectivity index (χ2v) is 18.7. The van der Waals surface area contributed by atoms with Crippen LogP contribution in [0.5, 0.6) is 0 Å². The number of aryl methyl sites for hydroxylation is 2. The van der Waals surface area contributed by atoms with E-state index < -0.39 is 19.7 Å². The minimum absolute atomic E-state index is 0.136. The van der Waals surface area contributed by atoms with Crippen molar-refractivity contribution in [2.45, 2.75) is 33.4 Å². The van der Waals surface area contributed by atoms with E-state index in [1.165, 1.54) is 0 Å². The first-order valence-electron chi connectivity index (χ1n) is 19.5. The van der Waals surface area contributed by atoms with E-state index in [0.29, 0.717) is 33.9 Å². The number of hydrogen-bond donors (Lipinski definition) is 0. The van der Waals surface area contributed by atoms with Crippen molar-refractivity contribution in [3.63, 3.8) is 0 Å². The molecule has 0 atom stereocenters. The second-order valence-electron chi connectivity index (χ2n) is 15.0. The maximum atomic E-state index is 14.9. The summed E-state index contributed by atoms with van der Waals surface area (Å²) >= 11 is 0. The molecule has 0 radical (unpaired) electrons. The molecule has 60 heavy (non-hydrogen) atoms. The van der Waals surface area contributed by atoms with E-state index in [9.17, 15) is 21.6 Å². The predicted octanol–water partition coefficient (Wildman–Crippen LogP) is 12.1. The third-order valence-electron chi connectivity index (χ3n) is 11.5. The van der Waals surface area contributed by atoms with E-state index in [1.54, 1.807) is 48.5 Å². The Hall–Kier alpha value is -7.07. The van der Waals surface area contributed by atoms with Crippen LogP contribution in [0.15, 0.2) is 202 Å². The number of nitrogens with zero attached hydrogens (tertiary/aromatic N) is 2. The molecule has 0 bridgehead atoms. The molecule has 8 aromatic carbocycles. The molecule has 0 amide bonds. The molecular formula is C51H36N2O5S2. The molecule has 0 unspecified atom stereocenters. The van der Waals surface area contributed by atoms with Gasteiger partial charge < -0.3 is 9.80 Å². The Morgan fingerprint density at radius 2 is 0.650 bits per heavy atom. The maximum absolute atomic E-state index is 14.9. The quantitative estimate of drug-likeness (QED) is 0.154. The molecule has 0 saturated heterocycles. The van der Waals surface area contributed by atoms with Gasteiger partial charge in [-0.25, -0.2) is 16.8 Å². The number of fused-ring (bicyclic) bond motifs is 4. The summed E-state index contributed by atoms with van der Waals surface area (Å²) in [5, 5.41) is 0. The monoisotopic (exact) mass is 820 g/mol. The van der Waals surface area contributed by atoms with Gasteiger partial charge in [-0.05, 0) is 109 Å². The largest absolute Gasteiger partial charge is 0.307 e. The second kappa shape index (κ2) is 14.0. The minimum atomic E-state index is -3.76. The number of carbonyl (C=O) groups is 1. The summed E-state index contributed by atoms with van der Waals surface area (Å²) in [5.74, 6) is -0.136. The van der Waals surface area contributed by atoms with Crippen LogP contribution in [0.1, 0.15) is 27.0 Å². The molecule has 2 heterocycles. The van der Waals surface area contributed by atoms with Crippen molar-refractivity contribution in [3.8, 4) is 22.3 Å². The van der Waals surface area contributed by atoms with E-state index in [-0.39, 0.29) is 25.4 Å². The molecule has 9 heteroatoms. The summed E-state index contributed by atoms with van der Waals surface area (Å²) < 4.78 is 55.2. The number of benzene rings is 8. The van der Waals surface area contributed by atoms with Gasteiger partial charge in [-0.15, -0.1) is 0 Å². The predicted molar refractivity (Wildman–Crippen MR) is 237 cm³/mol. The van der Waals surface area contributed by atoms with Crippen LogP contribution in [0.3, 0.4) is 0 Å². The molecular weight excluding hydrogens is 785 g/mol. The number of rotatable bonds is 6. The molecule has 0 N–H and O–H groups in total. The van der Waals surface area contributed by atoms with Gasteiger partial charge in [0.25, 0.3) is 0 Å². The molecule has 7 nitrogen and oxygen atoms in total. The first kappa shape index (κ1) is 37.2. The van der Waals surface area contributed by atoms with Crippen LogP contribution in [-0.2, 0) is 19.7 Å². The van der Waals surface area contributed by atoms with Crippen LogP contribution in [0.2, 0.25) is 0 Å². The average Bonchev–Trinajstić information content (AvgIpc) is 3.27. The highest BCUT2D eigenvalue weighted by atomic mass is 32.2. The molecule has 0 spiro atoms.